The summed E-state index contributed by atoms with van der Waals surface area (Å²) in [6, 6.07) is 11.2. The summed E-state index contributed by atoms with van der Waals surface area (Å²) in [5.74, 6) is 0. The van der Waals surface area contributed by atoms with Crippen LogP contribution in [0, 0.1) is 13.8 Å². The lowest BCUT2D eigenvalue weighted by Crippen LogP contribution is -2.21. The van der Waals surface area contributed by atoms with Gasteiger partial charge in [-0.2, -0.15) is 9.78 Å². The number of rotatable bonds is 4. The van der Waals surface area contributed by atoms with Gasteiger partial charge in [0.05, 0.1) is 27.5 Å². The molecule has 0 spiro atoms. The highest BCUT2D eigenvalue weighted by Crippen LogP contribution is 2.22. The second kappa shape index (κ2) is 7.34. The average Bonchev–Trinajstić information content (AvgIpc) is 2.63. The molecule has 0 unspecified atom stereocenters. The molecule has 0 radical (unpaired) electrons. The minimum Gasteiger partial charge on any atom is -0.279 e. The van der Waals surface area contributed by atoms with E-state index in [4.69, 9.17) is 23.2 Å². The lowest BCUT2D eigenvalue weighted by molar-refractivity contribution is 0.601. The van der Waals surface area contributed by atoms with E-state index >= 15 is 0 Å². The van der Waals surface area contributed by atoms with Crippen molar-refractivity contribution in [1.82, 2.24) is 9.78 Å². The summed E-state index contributed by atoms with van der Waals surface area (Å²) < 4.78 is 28.9. The standard InChI is InChI=1S/C18H15Cl2N3O3S/c1-11-3-4-12(2)16(9-11)22-27(25,26)14-7-5-13(6-8-14)23-18(24)17(20)15(19)10-21-23/h3-10,22H,1-2H3. The van der Waals surface area contributed by atoms with Crippen molar-refractivity contribution >= 4 is 38.9 Å². The van der Waals surface area contributed by atoms with E-state index in [9.17, 15) is 13.2 Å². The zero-order chi connectivity index (χ0) is 19.8. The number of anilines is 1. The third-order valence-corrected chi connectivity index (χ3v) is 6.04. The Morgan fingerprint density at radius 1 is 1.04 bits per heavy atom. The molecular weight excluding hydrogens is 409 g/mol. The summed E-state index contributed by atoms with van der Waals surface area (Å²) in [6.45, 7) is 3.71. The molecule has 0 aliphatic carbocycles. The maximum Gasteiger partial charge on any atom is 0.291 e. The molecule has 0 fully saturated rings. The van der Waals surface area contributed by atoms with E-state index in [1.165, 1.54) is 30.5 Å². The van der Waals surface area contributed by atoms with E-state index in [2.05, 4.69) is 9.82 Å². The van der Waals surface area contributed by atoms with E-state index in [0.29, 0.717) is 11.4 Å². The van der Waals surface area contributed by atoms with Crippen molar-refractivity contribution in [1.29, 1.82) is 0 Å². The Bertz CT molecular complexity index is 1170. The van der Waals surface area contributed by atoms with Crippen LogP contribution in [0.2, 0.25) is 10.0 Å². The fourth-order valence-electron chi connectivity index (χ4n) is 2.41. The minimum absolute atomic E-state index is 0.0508. The SMILES string of the molecule is Cc1ccc(C)c(NS(=O)(=O)c2ccc(-n3ncc(Cl)c(Cl)c3=O)cc2)c1. The van der Waals surface area contributed by atoms with Crippen molar-refractivity contribution in [2.75, 3.05) is 4.72 Å². The maximum absolute atomic E-state index is 12.6. The maximum atomic E-state index is 12.6. The number of benzene rings is 2. The van der Waals surface area contributed by atoms with Crippen LogP contribution in [0.4, 0.5) is 5.69 Å². The summed E-state index contributed by atoms with van der Waals surface area (Å²) in [4.78, 5) is 12.2. The van der Waals surface area contributed by atoms with Crippen LogP contribution in [0.5, 0.6) is 0 Å². The number of hydrogen-bond donors (Lipinski definition) is 1. The second-order valence-corrected chi connectivity index (χ2v) is 8.41. The summed E-state index contributed by atoms with van der Waals surface area (Å²) in [5, 5.41) is 3.81. The van der Waals surface area contributed by atoms with Crippen molar-refractivity contribution in [3.05, 3.63) is 80.2 Å². The summed E-state index contributed by atoms with van der Waals surface area (Å²) in [5.41, 5.74) is 2.05. The molecule has 2 aromatic carbocycles. The topological polar surface area (TPSA) is 81.1 Å². The third-order valence-electron chi connectivity index (χ3n) is 3.91. The van der Waals surface area contributed by atoms with Gasteiger partial charge in [0.15, 0.2) is 0 Å². The number of hydrogen-bond acceptors (Lipinski definition) is 4. The van der Waals surface area contributed by atoms with Crippen molar-refractivity contribution < 1.29 is 8.42 Å². The van der Waals surface area contributed by atoms with Crippen LogP contribution in [0.3, 0.4) is 0 Å². The molecule has 9 heteroatoms. The largest absolute Gasteiger partial charge is 0.291 e. The van der Waals surface area contributed by atoms with Gasteiger partial charge in [-0.1, -0.05) is 35.3 Å². The molecule has 140 valence electrons. The molecule has 27 heavy (non-hydrogen) atoms. The lowest BCUT2D eigenvalue weighted by atomic mass is 10.1. The Kier molecular flexibility index (Phi) is 5.28. The Balaban J connectivity index is 1.94. The molecule has 1 aromatic heterocycles. The molecule has 0 saturated carbocycles. The molecule has 0 atom stereocenters. The number of nitrogens with one attached hydrogen (secondary N) is 1. The third kappa shape index (κ3) is 4.00. The van der Waals surface area contributed by atoms with E-state index in [1.807, 2.05) is 26.0 Å². The molecule has 3 aromatic rings. The van der Waals surface area contributed by atoms with E-state index in [1.54, 1.807) is 6.07 Å². The van der Waals surface area contributed by atoms with Crippen molar-refractivity contribution in [3.8, 4) is 5.69 Å². The monoisotopic (exact) mass is 423 g/mol. The van der Waals surface area contributed by atoms with Gasteiger partial charge in [0, 0.05) is 0 Å². The zero-order valence-corrected chi connectivity index (χ0v) is 16.7. The number of halogens is 2. The van der Waals surface area contributed by atoms with Gasteiger partial charge in [-0.3, -0.25) is 9.52 Å². The zero-order valence-electron chi connectivity index (χ0n) is 14.4. The van der Waals surface area contributed by atoms with Crippen molar-refractivity contribution in [2.24, 2.45) is 0 Å². The number of aryl methyl sites for hydroxylation is 2. The van der Waals surface area contributed by atoms with Crippen LogP contribution >= 0.6 is 23.2 Å². The quantitative estimate of drug-likeness (QED) is 0.688. The number of aromatic nitrogens is 2. The van der Waals surface area contributed by atoms with Gasteiger partial charge >= 0.3 is 0 Å². The smallest absolute Gasteiger partial charge is 0.279 e. The molecular formula is C18H15Cl2N3O3S. The van der Waals surface area contributed by atoms with Crippen molar-refractivity contribution in [2.45, 2.75) is 18.7 Å². The fraction of sp³-hybridized carbons (Fsp3) is 0.111. The van der Waals surface area contributed by atoms with Crippen LogP contribution in [-0.4, -0.2) is 18.2 Å². The van der Waals surface area contributed by atoms with Crippen molar-refractivity contribution in [3.63, 3.8) is 0 Å². The van der Waals surface area contributed by atoms with Gasteiger partial charge in [0.25, 0.3) is 15.6 Å². The summed E-state index contributed by atoms with van der Waals surface area (Å²) in [6.07, 6.45) is 1.25. The molecule has 6 nitrogen and oxygen atoms in total. The molecule has 0 amide bonds. The average molecular weight is 424 g/mol. The highest BCUT2D eigenvalue weighted by molar-refractivity contribution is 7.92. The van der Waals surface area contributed by atoms with Gasteiger partial charge in [0.1, 0.15) is 5.02 Å². The lowest BCUT2D eigenvalue weighted by Gasteiger charge is -2.12. The number of nitrogens with zero attached hydrogens (tertiary/aromatic N) is 2. The van der Waals surface area contributed by atoms with Crippen LogP contribution in [0.1, 0.15) is 11.1 Å². The van der Waals surface area contributed by atoms with Gasteiger partial charge < -0.3 is 0 Å². The minimum atomic E-state index is -3.78. The Morgan fingerprint density at radius 3 is 2.37 bits per heavy atom. The first-order valence-corrected chi connectivity index (χ1v) is 10.1. The van der Waals surface area contributed by atoms with Crippen LogP contribution in [-0.2, 0) is 10.0 Å². The first-order valence-electron chi connectivity index (χ1n) is 7.83. The predicted molar refractivity (Wildman–Crippen MR) is 107 cm³/mol. The first kappa shape index (κ1) is 19.4. The van der Waals surface area contributed by atoms with Crippen LogP contribution in [0.15, 0.2) is 58.4 Å². The first-order chi connectivity index (χ1) is 12.7. The van der Waals surface area contributed by atoms with E-state index in [-0.39, 0.29) is 14.9 Å². The van der Waals surface area contributed by atoms with Gasteiger partial charge in [0.2, 0.25) is 0 Å². The molecule has 1 heterocycles. The fourth-order valence-corrected chi connectivity index (χ4v) is 3.79. The molecule has 3 rings (SSSR count). The number of sulfonamides is 1. The highest BCUT2D eigenvalue weighted by atomic mass is 35.5. The second-order valence-electron chi connectivity index (χ2n) is 5.94. The highest BCUT2D eigenvalue weighted by Gasteiger charge is 2.16. The Hall–Kier alpha value is -2.35. The molecule has 0 saturated heterocycles. The molecule has 1 N–H and O–H groups in total. The summed E-state index contributed by atoms with van der Waals surface area (Å²) >= 11 is 11.6. The normalized spacial score (nSPS) is 11.4. The molecule has 0 aliphatic heterocycles. The van der Waals surface area contributed by atoms with Gasteiger partial charge in [-0.05, 0) is 55.3 Å². The Labute approximate surface area is 166 Å². The Morgan fingerprint density at radius 2 is 1.70 bits per heavy atom. The van der Waals surface area contributed by atoms with Gasteiger partial charge in [-0.15, -0.1) is 0 Å². The van der Waals surface area contributed by atoms with Gasteiger partial charge in [-0.25, -0.2) is 8.42 Å². The summed E-state index contributed by atoms with van der Waals surface area (Å²) in [7, 11) is -3.78. The van der Waals surface area contributed by atoms with E-state index in [0.717, 1.165) is 15.8 Å². The molecule has 0 bridgehead atoms. The van der Waals surface area contributed by atoms with Crippen LogP contribution < -0.4 is 10.3 Å². The molecule has 0 aliphatic rings. The van der Waals surface area contributed by atoms with E-state index < -0.39 is 15.6 Å². The van der Waals surface area contributed by atoms with Crippen LogP contribution in [0.25, 0.3) is 5.69 Å². The predicted octanol–water partition coefficient (Wildman–Crippen LogP) is 3.96.